The minimum atomic E-state index is -0.974. The lowest BCUT2D eigenvalue weighted by molar-refractivity contribution is -0.134. The van der Waals surface area contributed by atoms with Crippen LogP contribution in [0, 0.1) is 0 Å². The lowest BCUT2D eigenvalue weighted by atomic mass is 9.81. The van der Waals surface area contributed by atoms with Gasteiger partial charge in [-0.15, -0.1) is 0 Å². The third-order valence-corrected chi connectivity index (χ3v) is 10.5. The largest absolute Gasteiger partial charge is 0.466 e. The fourth-order valence-electron chi connectivity index (χ4n) is 8.08. The van der Waals surface area contributed by atoms with E-state index in [1.54, 1.807) is 18.2 Å². The Bertz CT molecular complexity index is 1840. The van der Waals surface area contributed by atoms with Gasteiger partial charge in [0, 0.05) is 40.3 Å². The van der Waals surface area contributed by atoms with Crippen LogP contribution in [0.1, 0.15) is 97.2 Å². The first-order valence-electron chi connectivity index (χ1n) is 17.2. The average Bonchev–Trinajstić information content (AvgIpc) is 3.66. The highest BCUT2D eigenvalue weighted by Crippen LogP contribution is 2.46. The molecule has 2 amide bonds. The molecule has 0 spiro atoms. The van der Waals surface area contributed by atoms with Crippen LogP contribution in [-0.4, -0.2) is 35.0 Å². The molecular formula is C40H43N3O4. The summed E-state index contributed by atoms with van der Waals surface area (Å²) in [5.74, 6) is -0.314. The summed E-state index contributed by atoms with van der Waals surface area (Å²) in [5, 5.41) is 7.50. The molecule has 1 aromatic heterocycles. The molecule has 3 aliphatic rings. The fraction of sp³-hybridized carbons (Fsp3) is 0.375. The molecule has 47 heavy (non-hydrogen) atoms. The average molecular weight is 630 g/mol. The summed E-state index contributed by atoms with van der Waals surface area (Å²) >= 11 is 0. The zero-order valence-corrected chi connectivity index (χ0v) is 27.1. The van der Waals surface area contributed by atoms with E-state index in [2.05, 4.69) is 56.3 Å². The summed E-state index contributed by atoms with van der Waals surface area (Å²) in [6.45, 7) is 0.919. The second-order valence-corrected chi connectivity index (χ2v) is 13.4. The Labute approximate surface area is 276 Å². The quantitative estimate of drug-likeness (QED) is 0.159. The number of aryl methyl sites for hydroxylation is 2. The molecular weight excluding hydrogens is 586 g/mol. The molecule has 2 fully saturated rings. The summed E-state index contributed by atoms with van der Waals surface area (Å²) < 4.78 is 7.13. The molecule has 0 atom stereocenters. The Morgan fingerprint density at radius 1 is 0.894 bits per heavy atom. The minimum absolute atomic E-state index is 0.199. The number of esters is 1. The van der Waals surface area contributed by atoms with Gasteiger partial charge in [-0.2, -0.15) is 0 Å². The maximum Gasteiger partial charge on any atom is 0.330 e. The van der Waals surface area contributed by atoms with Gasteiger partial charge in [0.15, 0.2) is 0 Å². The van der Waals surface area contributed by atoms with E-state index in [-0.39, 0.29) is 11.8 Å². The maximum absolute atomic E-state index is 14.0. The molecule has 0 radical (unpaired) electrons. The number of nitrogens with zero attached hydrogens (tertiary/aromatic N) is 1. The smallest absolute Gasteiger partial charge is 0.330 e. The highest BCUT2D eigenvalue weighted by molar-refractivity contribution is 6.06. The number of carbonyl (C=O) groups is 3. The predicted molar refractivity (Wildman–Crippen MR) is 186 cm³/mol. The Morgan fingerprint density at radius 2 is 1.66 bits per heavy atom. The molecule has 2 saturated carbocycles. The van der Waals surface area contributed by atoms with Crippen LogP contribution in [-0.2, 0) is 27.3 Å². The first-order chi connectivity index (χ1) is 23.0. The van der Waals surface area contributed by atoms with Crippen LogP contribution in [0.4, 0.5) is 5.69 Å². The van der Waals surface area contributed by atoms with E-state index in [4.69, 9.17) is 0 Å². The van der Waals surface area contributed by atoms with E-state index in [9.17, 15) is 14.4 Å². The number of fused-ring (bicyclic) bond motifs is 5. The molecule has 7 rings (SSSR count). The normalized spacial score (nSPS) is 17.6. The van der Waals surface area contributed by atoms with Gasteiger partial charge in [-0.05, 0) is 91.5 Å². The van der Waals surface area contributed by atoms with Gasteiger partial charge in [-0.1, -0.05) is 74.6 Å². The SMILES string of the molecule is COC(=O)C=Cc1ccc(NC(=O)C2(NC(=O)c3ccc4c(C5CCCCC5)c5n(c4c3)CCCc3ccccc3-5)CCCC2)cc1. The van der Waals surface area contributed by atoms with Crippen LogP contribution >= 0.6 is 0 Å². The summed E-state index contributed by atoms with van der Waals surface area (Å²) in [6, 6.07) is 22.3. The van der Waals surface area contributed by atoms with E-state index in [0.29, 0.717) is 30.0 Å². The Balaban J connectivity index is 1.18. The minimum Gasteiger partial charge on any atom is -0.466 e. The van der Waals surface area contributed by atoms with Crippen LogP contribution in [0.3, 0.4) is 0 Å². The second kappa shape index (κ2) is 13.2. The summed E-state index contributed by atoms with van der Waals surface area (Å²) in [6.07, 6.45) is 14.3. The molecule has 1 aliphatic heterocycles. The second-order valence-electron chi connectivity index (χ2n) is 13.4. The number of ether oxygens (including phenoxy) is 1. The lowest BCUT2D eigenvalue weighted by Gasteiger charge is -2.29. The number of benzene rings is 3. The van der Waals surface area contributed by atoms with Crippen molar-refractivity contribution in [2.45, 2.75) is 88.6 Å². The van der Waals surface area contributed by atoms with Gasteiger partial charge in [0.1, 0.15) is 5.54 Å². The van der Waals surface area contributed by atoms with Gasteiger partial charge in [0.25, 0.3) is 5.91 Å². The topological polar surface area (TPSA) is 89.4 Å². The van der Waals surface area contributed by atoms with E-state index >= 15 is 0 Å². The Hall–Kier alpha value is -4.65. The number of anilines is 1. The van der Waals surface area contributed by atoms with E-state index in [0.717, 1.165) is 43.3 Å². The van der Waals surface area contributed by atoms with Crippen LogP contribution in [0.15, 0.2) is 72.8 Å². The summed E-state index contributed by atoms with van der Waals surface area (Å²) in [5.41, 5.74) is 7.73. The number of aromatic nitrogens is 1. The first-order valence-corrected chi connectivity index (χ1v) is 17.2. The van der Waals surface area contributed by atoms with Gasteiger partial charge in [-0.3, -0.25) is 9.59 Å². The van der Waals surface area contributed by atoms with E-state index < -0.39 is 11.5 Å². The third kappa shape index (κ3) is 6.11. The number of amides is 2. The molecule has 0 saturated heterocycles. The number of methoxy groups -OCH3 is 1. The summed E-state index contributed by atoms with van der Waals surface area (Å²) in [4.78, 5) is 39.2. The molecule has 242 valence electrons. The molecule has 2 N–H and O–H groups in total. The number of carbonyl (C=O) groups excluding carboxylic acids is 3. The fourth-order valence-corrected chi connectivity index (χ4v) is 8.08. The molecule has 4 aromatic rings. The van der Waals surface area contributed by atoms with Crippen molar-refractivity contribution >= 4 is 40.4 Å². The number of hydrogen-bond acceptors (Lipinski definition) is 4. The lowest BCUT2D eigenvalue weighted by Crippen LogP contribution is -2.55. The van der Waals surface area contributed by atoms with E-state index in [1.807, 2.05) is 18.2 Å². The molecule has 3 aromatic carbocycles. The van der Waals surface area contributed by atoms with Crippen LogP contribution in [0.25, 0.3) is 28.2 Å². The zero-order chi connectivity index (χ0) is 32.4. The molecule has 0 unspecified atom stereocenters. The van der Waals surface area contributed by atoms with Crippen molar-refractivity contribution in [3.8, 4) is 11.3 Å². The van der Waals surface area contributed by atoms with Crippen molar-refractivity contribution in [1.29, 1.82) is 0 Å². The number of rotatable bonds is 7. The van der Waals surface area contributed by atoms with Crippen molar-refractivity contribution in [3.05, 3.63) is 95.1 Å². The van der Waals surface area contributed by atoms with Crippen molar-refractivity contribution in [3.63, 3.8) is 0 Å². The van der Waals surface area contributed by atoms with Crippen molar-refractivity contribution in [2.24, 2.45) is 0 Å². The molecule has 7 heteroatoms. The molecule has 7 nitrogen and oxygen atoms in total. The molecule has 0 bridgehead atoms. The van der Waals surface area contributed by atoms with Gasteiger partial charge < -0.3 is 19.9 Å². The highest BCUT2D eigenvalue weighted by Gasteiger charge is 2.43. The number of nitrogens with one attached hydrogen (secondary N) is 2. The number of hydrogen-bond donors (Lipinski definition) is 2. The van der Waals surface area contributed by atoms with Crippen LogP contribution < -0.4 is 10.6 Å². The Kier molecular flexibility index (Phi) is 8.72. The highest BCUT2D eigenvalue weighted by atomic mass is 16.5. The third-order valence-electron chi connectivity index (χ3n) is 10.5. The first kappa shape index (κ1) is 31.0. The van der Waals surface area contributed by atoms with Crippen molar-refractivity contribution in [2.75, 3.05) is 12.4 Å². The molecule has 2 heterocycles. The Morgan fingerprint density at radius 3 is 2.43 bits per heavy atom. The standard InChI is InChI=1S/C40H43N3O4/c1-47-35(44)22-17-27-15-19-31(20-16-27)41-39(46)40(23-7-8-24-40)42-38(45)30-18-21-33-34(26-30)43-25-9-13-28-10-5-6-14-32(28)37(43)36(33)29-11-3-2-4-12-29/h5-6,10,14-22,26,29H,2-4,7-9,11-13,23-25H2,1H3,(H,41,46)(H,42,45). The van der Waals surface area contributed by atoms with Crippen molar-refractivity contribution in [1.82, 2.24) is 9.88 Å². The van der Waals surface area contributed by atoms with Crippen LogP contribution in [0.2, 0.25) is 0 Å². The predicted octanol–water partition coefficient (Wildman–Crippen LogP) is 8.17. The monoisotopic (exact) mass is 629 g/mol. The molecule has 2 aliphatic carbocycles. The summed E-state index contributed by atoms with van der Waals surface area (Å²) in [7, 11) is 1.34. The van der Waals surface area contributed by atoms with Gasteiger partial charge in [0.05, 0.1) is 12.8 Å². The van der Waals surface area contributed by atoms with Gasteiger partial charge >= 0.3 is 5.97 Å². The zero-order valence-electron chi connectivity index (χ0n) is 27.1. The van der Waals surface area contributed by atoms with E-state index in [1.165, 1.54) is 73.1 Å². The van der Waals surface area contributed by atoms with Crippen LogP contribution in [0.5, 0.6) is 0 Å². The van der Waals surface area contributed by atoms with Crippen molar-refractivity contribution < 1.29 is 19.1 Å². The van der Waals surface area contributed by atoms with Gasteiger partial charge in [-0.25, -0.2) is 4.79 Å². The van der Waals surface area contributed by atoms with Gasteiger partial charge in [0.2, 0.25) is 5.91 Å². The maximum atomic E-state index is 14.0.